The molecule has 0 heterocycles. The number of carbonyl (C=O) groups is 3. The summed E-state index contributed by atoms with van der Waals surface area (Å²) in [7, 11) is 0. The van der Waals surface area contributed by atoms with E-state index in [9.17, 15) is 14.4 Å². The number of halogens is 4. The summed E-state index contributed by atoms with van der Waals surface area (Å²) >= 11 is 21.3. The third kappa shape index (κ3) is 8.41. The molecule has 11 heteroatoms. The molecule has 0 saturated heterocycles. The Kier molecular flexibility index (Phi) is 10.0. The number of hydrogen-bond acceptors (Lipinski definition) is 5. The molecule has 0 spiro atoms. The van der Waals surface area contributed by atoms with Crippen LogP contribution in [-0.2, 0) is 19.1 Å². The number of amides is 2. The van der Waals surface area contributed by atoms with Crippen LogP contribution in [0.1, 0.15) is 18.4 Å². The molecule has 3 aromatic rings. The van der Waals surface area contributed by atoms with Gasteiger partial charge in [0.25, 0.3) is 5.91 Å². The van der Waals surface area contributed by atoms with Crippen molar-refractivity contribution in [3.05, 3.63) is 79.7 Å². The zero-order chi connectivity index (χ0) is 26.2. The molecule has 0 aliphatic rings. The van der Waals surface area contributed by atoms with Crippen molar-refractivity contribution in [3.63, 3.8) is 0 Å². The van der Waals surface area contributed by atoms with E-state index in [0.717, 1.165) is 5.56 Å². The van der Waals surface area contributed by atoms with Gasteiger partial charge in [0.1, 0.15) is 11.5 Å². The number of nitrogens with one attached hydrogen (secondary N) is 2. The van der Waals surface area contributed by atoms with Crippen molar-refractivity contribution in [2.45, 2.75) is 19.8 Å². The molecular formula is C25H20BrCl3N2O5. The van der Waals surface area contributed by atoms with Crippen LogP contribution in [0.25, 0.3) is 0 Å². The van der Waals surface area contributed by atoms with Crippen molar-refractivity contribution < 1.29 is 23.9 Å². The summed E-state index contributed by atoms with van der Waals surface area (Å²) in [6.45, 7) is 1.32. The minimum absolute atomic E-state index is 0.111. The summed E-state index contributed by atoms with van der Waals surface area (Å²) in [6.07, 6.45) is -0.293. The van der Waals surface area contributed by atoms with Crippen LogP contribution in [0.5, 0.6) is 11.5 Å². The van der Waals surface area contributed by atoms with Gasteiger partial charge in [-0.3, -0.25) is 14.4 Å². The first kappa shape index (κ1) is 27.8. The molecule has 2 N–H and O–H groups in total. The van der Waals surface area contributed by atoms with Gasteiger partial charge in [0.2, 0.25) is 5.91 Å². The molecule has 188 valence electrons. The van der Waals surface area contributed by atoms with Crippen LogP contribution in [0, 0.1) is 6.92 Å². The number of carbonyl (C=O) groups excluding carboxylic acids is 3. The first-order chi connectivity index (χ1) is 17.1. The Bertz CT molecular complexity index is 1290. The van der Waals surface area contributed by atoms with Crippen molar-refractivity contribution in [1.29, 1.82) is 0 Å². The largest absolute Gasteiger partial charge is 0.456 e. The Labute approximate surface area is 231 Å². The molecule has 0 aliphatic carbocycles. The van der Waals surface area contributed by atoms with Gasteiger partial charge in [-0.05, 0) is 83.0 Å². The van der Waals surface area contributed by atoms with Crippen LogP contribution < -0.4 is 15.4 Å². The van der Waals surface area contributed by atoms with Gasteiger partial charge in [0.05, 0.1) is 16.5 Å². The number of hydrogen-bond donors (Lipinski definition) is 2. The Morgan fingerprint density at radius 2 is 1.58 bits per heavy atom. The van der Waals surface area contributed by atoms with Crippen molar-refractivity contribution in [2.75, 3.05) is 17.2 Å². The Morgan fingerprint density at radius 1 is 0.861 bits per heavy atom. The SMILES string of the molecule is Cc1cc(Br)c(Cl)cc1NC(=O)COC(=O)CCC(=O)Nc1ccc(Oc2ccc(Cl)cc2Cl)cc1. The topological polar surface area (TPSA) is 93.7 Å². The summed E-state index contributed by atoms with van der Waals surface area (Å²) < 4.78 is 11.4. The fourth-order valence-electron chi connectivity index (χ4n) is 2.92. The van der Waals surface area contributed by atoms with Gasteiger partial charge < -0.3 is 20.1 Å². The Balaban J connectivity index is 1.40. The van der Waals surface area contributed by atoms with E-state index >= 15 is 0 Å². The molecule has 0 saturated carbocycles. The van der Waals surface area contributed by atoms with Crippen LogP contribution in [0.2, 0.25) is 15.1 Å². The first-order valence-corrected chi connectivity index (χ1v) is 12.5. The minimum atomic E-state index is -0.672. The number of ether oxygens (including phenoxy) is 2. The second kappa shape index (κ2) is 13.0. The molecule has 0 unspecified atom stereocenters. The Hall–Kier alpha value is -2.78. The van der Waals surface area contributed by atoms with Crippen molar-refractivity contribution >= 4 is 79.9 Å². The van der Waals surface area contributed by atoms with Gasteiger partial charge >= 0.3 is 5.97 Å². The molecule has 0 aromatic heterocycles. The standard InChI is InChI=1S/C25H20BrCl3N2O5/c1-14-10-18(26)19(28)12-21(14)31-24(33)13-35-25(34)9-8-23(32)30-16-3-5-17(6-4-16)36-22-7-2-15(27)11-20(22)29/h2-7,10-12H,8-9,13H2,1H3,(H,30,32)(H,31,33). The summed E-state index contributed by atoms with van der Waals surface area (Å²) in [5.41, 5.74) is 1.82. The predicted molar refractivity (Wildman–Crippen MR) is 144 cm³/mol. The lowest BCUT2D eigenvalue weighted by molar-refractivity contribution is -0.147. The molecule has 2 amide bonds. The van der Waals surface area contributed by atoms with Crippen molar-refractivity contribution in [1.82, 2.24) is 0 Å². The van der Waals surface area contributed by atoms with E-state index in [1.165, 1.54) is 0 Å². The second-order valence-corrected chi connectivity index (χ2v) is 9.64. The maximum atomic E-state index is 12.2. The average molecular weight is 615 g/mol. The summed E-state index contributed by atoms with van der Waals surface area (Å²) in [6, 6.07) is 14.9. The molecular weight excluding hydrogens is 595 g/mol. The Morgan fingerprint density at radius 3 is 2.28 bits per heavy atom. The molecule has 3 aromatic carbocycles. The van der Waals surface area contributed by atoms with Crippen LogP contribution in [0.4, 0.5) is 11.4 Å². The fraction of sp³-hybridized carbons (Fsp3) is 0.160. The highest BCUT2D eigenvalue weighted by Gasteiger charge is 2.13. The number of rotatable bonds is 9. The third-order valence-corrected chi connectivity index (χ3v) is 6.45. The number of anilines is 2. The number of benzene rings is 3. The van der Waals surface area contributed by atoms with Crippen molar-refractivity contribution in [2.24, 2.45) is 0 Å². The highest BCUT2D eigenvalue weighted by Crippen LogP contribution is 2.32. The van der Waals surface area contributed by atoms with E-state index in [1.54, 1.807) is 61.5 Å². The smallest absolute Gasteiger partial charge is 0.306 e. The first-order valence-electron chi connectivity index (χ1n) is 10.5. The fourth-order valence-corrected chi connectivity index (χ4v) is 3.98. The maximum Gasteiger partial charge on any atom is 0.306 e. The van der Waals surface area contributed by atoms with Crippen molar-refractivity contribution in [3.8, 4) is 11.5 Å². The molecule has 0 aliphatic heterocycles. The summed E-state index contributed by atoms with van der Waals surface area (Å²) in [4.78, 5) is 36.2. The molecule has 7 nitrogen and oxygen atoms in total. The van der Waals surface area contributed by atoms with Crippen LogP contribution in [0.15, 0.2) is 59.1 Å². The summed E-state index contributed by atoms with van der Waals surface area (Å²) in [5.74, 6) is -0.614. The van der Waals surface area contributed by atoms with Gasteiger partial charge in [0, 0.05) is 27.3 Å². The van der Waals surface area contributed by atoms with Crippen LogP contribution >= 0.6 is 50.7 Å². The molecule has 0 radical (unpaired) electrons. The van der Waals surface area contributed by atoms with Gasteiger partial charge in [-0.1, -0.05) is 34.8 Å². The van der Waals surface area contributed by atoms with E-state index in [0.29, 0.717) is 42.4 Å². The third-order valence-electron chi connectivity index (χ3n) is 4.72. The average Bonchev–Trinajstić information content (AvgIpc) is 2.83. The number of esters is 1. The molecule has 0 atom stereocenters. The van der Waals surface area contributed by atoms with E-state index < -0.39 is 18.5 Å². The quantitative estimate of drug-likeness (QED) is 0.245. The van der Waals surface area contributed by atoms with Gasteiger partial charge in [-0.15, -0.1) is 0 Å². The van der Waals surface area contributed by atoms with E-state index in [1.807, 2.05) is 0 Å². The molecule has 0 bridgehead atoms. The van der Waals surface area contributed by atoms with Crippen LogP contribution in [-0.4, -0.2) is 24.4 Å². The van der Waals surface area contributed by atoms with Gasteiger partial charge in [-0.2, -0.15) is 0 Å². The normalized spacial score (nSPS) is 10.5. The van der Waals surface area contributed by atoms with Crippen LogP contribution in [0.3, 0.4) is 0 Å². The monoisotopic (exact) mass is 612 g/mol. The molecule has 0 fully saturated rings. The van der Waals surface area contributed by atoms with Gasteiger partial charge in [0.15, 0.2) is 6.61 Å². The molecule has 36 heavy (non-hydrogen) atoms. The van der Waals surface area contributed by atoms with E-state index in [2.05, 4.69) is 26.6 Å². The highest BCUT2D eigenvalue weighted by atomic mass is 79.9. The predicted octanol–water partition coefficient (Wildman–Crippen LogP) is 7.41. The number of aryl methyl sites for hydroxylation is 1. The van der Waals surface area contributed by atoms with E-state index in [-0.39, 0.29) is 18.7 Å². The summed E-state index contributed by atoms with van der Waals surface area (Å²) in [5, 5.41) is 6.62. The highest BCUT2D eigenvalue weighted by molar-refractivity contribution is 9.10. The van der Waals surface area contributed by atoms with Gasteiger partial charge in [-0.25, -0.2) is 0 Å². The maximum absolute atomic E-state index is 12.2. The lowest BCUT2D eigenvalue weighted by Crippen LogP contribution is -2.22. The second-order valence-electron chi connectivity index (χ2n) is 7.54. The zero-order valence-corrected chi connectivity index (χ0v) is 22.7. The minimum Gasteiger partial charge on any atom is -0.456 e. The molecule has 3 rings (SSSR count). The van der Waals surface area contributed by atoms with E-state index in [4.69, 9.17) is 44.3 Å². The lowest BCUT2D eigenvalue weighted by atomic mass is 10.2. The zero-order valence-electron chi connectivity index (χ0n) is 18.9. The lowest BCUT2D eigenvalue weighted by Gasteiger charge is -2.11.